The highest BCUT2D eigenvalue weighted by molar-refractivity contribution is 14.1. The maximum Gasteiger partial charge on any atom is 0.100 e. The lowest BCUT2D eigenvalue weighted by Crippen LogP contribution is -2.23. The lowest BCUT2D eigenvalue weighted by Gasteiger charge is -2.19. The van der Waals surface area contributed by atoms with Crippen molar-refractivity contribution < 1.29 is 0 Å². The van der Waals surface area contributed by atoms with E-state index in [-0.39, 0.29) is 0 Å². The molecular weight excluding hydrogens is 275 g/mol. The molecule has 1 fully saturated rings. The number of nitrogens with zero attached hydrogens (tertiary/aromatic N) is 1. The monoisotopic (exact) mass is 286 g/mol. The van der Waals surface area contributed by atoms with Gasteiger partial charge in [0.2, 0.25) is 0 Å². The Labute approximate surface area is 91.6 Å². The van der Waals surface area contributed by atoms with Gasteiger partial charge in [-0.2, -0.15) is 0 Å². The second-order valence-electron chi connectivity index (χ2n) is 3.15. The van der Waals surface area contributed by atoms with Crippen LogP contribution in [0.25, 0.3) is 0 Å². The summed E-state index contributed by atoms with van der Waals surface area (Å²) in [7, 11) is 0. The third-order valence-electron chi connectivity index (χ3n) is 2.26. The number of para-hydroxylation sites is 1. The molecule has 1 heterocycles. The standard InChI is InChI=1S/C10H11IN2/c11-8-4-1-2-5-9(8)13-7-3-6-10(13)12/h1-2,4-5,12H,3,6-7H2. The Kier molecular flexibility index (Phi) is 2.53. The minimum atomic E-state index is 0.754. The molecule has 1 aliphatic heterocycles. The number of rotatable bonds is 1. The van der Waals surface area contributed by atoms with Crippen LogP contribution in [0.5, 0.6) is 0 Å². The summed E-state index contributed by atoms with van der Waals surface area (Å²) in [5, 5.41) is 7.76. The first-order valence-electron chi connectivity index (χ1n) is 4.38. The fourth-order valence-electron chi connectivity index (χ4n) is 1.61. The van der Waals surface area contributed by atoms with Crippen LogP contribution in [0.2, 0.25) is 0 Å². The zero-order valence-electron chi connectivity index (χ0n) is 7.26. The number of amidine groups is 1. The van der Waals surface area contributed by atoms with Gasteiger partial charge in [-0.25, -0.2) is 0 Å². The van der Waals surface area contributed by atoms with E-state index < -0.39 is 0 Å². The smallest absolute Gasteiger partial charge is 0.100 e. The van der Waals surface area contributed by atoms with E-state index in [4.69, 9.17) is 5.41 Å². The van der Waals surface area contributed by atoms with Crippen LogP contribution in [0.15, 0.2) is 24.3 Å². The summed E-state index contributed by atoms with van der Waals surface area (Å²) in [5.41, 5.74) is 1.19. The van der Waals surface area contributed by atoms with Crippen molar-refractivity contribution in [2.24, 2.45) is 0 Å². The molecule has 0 spiro atoms. The summed E-state index contributed by atoms with van der Waals surface area (Å²) in [5.74, 6) is 0.754. The average Bonchev–Trinajstić information content (AvgIpc) is 2.52. The van der Waals surface area contributed by atoms with Gasteiger partial charge in [0.1, 0.15) is 5.84 Å². The Morgan fingerprint density at radius 2 is 2.08 bits per heavy atom. The van der Waals surface area contributed by atoms with Crippen molar-refractivity contribution in [1.29, 1.82) is 5.41 Å². The third-order valence-corrected chi connectivity index (χ3v) is 3.18. The minimum Gasteiger partial charge on any atom is -0.329 e. The molecule has 0 bridgehead atoms. The highest BCUT2D eigenvalue weighted by Gasteiger charge is 2.19. The molecule has 0 radical (unpaired) electrons. The van der Waals surface area contributed by atoms with Gasteiger partial charge < -0.3 is 4.90 Å². The predicted molar refractivity (Wildman–Crippen MR) is 63.5 cm³/mol. The number of benzene rings is 1. The van der Waals surface area contributed by atoms with E-state index in [0.29, 0.717) is 0 Å². The first-order chi connectivity index (χ1) is 6.29. The molecule has 68 valence electrons. The second kappa shape index (κ2) is 3.65. The maximum atomic E-state index is 7.76. The van der Waals surface area contributed by atoms with Gasteiger partial charge in [0, 0.05) is 16.5 Å². The van der Waals surface area contributed by atoms with Gasteiger partial charge in [0.05, 0.1) is 5.69 Å². The molecule has 0 aromatic heterocycles. The number of hydrogen-bond acceptors (Lipinski definition) is 1. The van der Waals surface area contributed by atoms with Crippen molar-refractivity contribution >= 4 is 34.1 Å². The van der Waals surface area contributed by atoms with Gasteiger partial charge in [0.15, 0.2) is 0 Å². The molecule has 0 unspecified atom stereocenters. The van der Waals surface area contributed by atoms with Crippen LogP contribution in [0.4, 0.5) is 5.69 Å². The molecule has 0 atom stereocenters. The summed E-state index contributed by atoms with van der Waals surface area (Å²) in [6.45, 7) is 0.999. The quantitative estimate of drug-likeness (QED) is 0.790. The van der Waals surface area contributed by atoms with E-state index in [9.17, 15) is 0 Å². The molecule has 13 heavy (non-hydrogen) atoms. The number of anilines is 1. The van der Waals surface area contributed by atoms with E-state index >= 15 is 0 Å². The van der Waals surface area contributed by atoms with Gasteiger partial charge in [0.25, 0.3) is 0 Å². The van der Waals surface area contributed by atoms with Crippen molar-refractivity contribution in [2.75, 3.05) is 11.4 Å². The summed E-state index contributed by atoms with van der Waals surface area (Å²) in [6.07, 6.45) is 2.04. The predicted octanol–water partition coefficient (Wildman–Crippen LogP) is 2.87. The van der Waals surface area contributed by atoms with Crippen LogP contribution in [0.3, 0.4) is 0 Å². The molecule has 3 heteroatoms. The van der Waals surface area contributed by atoms with Crippen molar-refractivity contribution in [3.63, 3.8) is 0 Å². The molecule has 1 N–H and O–H groups in total. The minimum absolute atomic E-state index is 0.754. The first-order valence-corrected chi connectivity index (χ1v) is 5.46. The van der Waals surface area contributed by atoms with E-state index in [1.807, 2.05) is 12.1 Å². The van der Waals surface area contributed by atoms with Gasteiger partial charge in [-0.3, -0.25) is 5.41 Å². The first kappa shape index (κ1) is 8.99. The number of nitrogens with one attached hydrogen (secondary N) is 1. The lowest BCUT2D eigenvalue weighted by atomic mass is 10.3. The van der Waals surface area contributed by atoms with Crippen LogP contribution >= 0.6 is 22.6 Å². The summed E-state index contributed by atoms with van der Waals surface area (Å²) < 4.78 is 1.23. The van der Waals surface area contributed by atoms with E-state index in [1.165, 1.54) is 9.26 Å². The van der Waals surface area contributed by atoms with Crippen LogP contribution < -0.4 is 4.90 Å². The van der Waals surface area contributed by atoms with Crippen LogP contribution in [-0.4, -0.2) is 12.4 Å². The lowest BCUT2D eigenvalue weighted by molar-refractivity contribution is 0.955. The van der Waals surface area contributed by atoms with E-state index in [0.717, 1.165) is 25.2 Å². The molecule has 0 amide bonds. The Morgan fingerprint density at radius 1 is 1.31 bits per heavy atom. The largest absolute Gasteiger partial charge is 0.329 e. The molecule has 0 saturated carbocycles. The topological polar surface area (TPSA) is 27.1 Å². The molecule has 1 aliphatic rings. The van der Waals surface area contributed by atoms with Crippen molar-refractivity contribution in [2.45, 2.75) is 12.8 Å². The highest BCUT2D eigenvalue weighted by Crippen LogP contribution is 2.26. The summed E-state index contributed by atoms with van der Waals surface area (Å²) in [4.78, 5) is 2.10. The molecule has 2 nitrogen and oxygen atoms in total. The average molecular weight is 286 g/mol. The molecule has 1 aromatic rings. The van der Waals surface area contributed by atoms with Gasteiger partial charge in [-0.1, -0.05) is 12.1 Å². The fourth-order valence-corrected chi connectivity index (χ4v) is 2.29. The Balaban J connectivity index is 2.34. The Morgan fingerprint density at radius 3 is 2.69 bits per heavy atom. The zero-order valence-corrected chi connectivity index (χ0v) is 9.41. The normalized spacial score (nSPS) is 16.7. The van der Waals surface area contributed by atoms with Crippen molar-refractivity contribution in [1.82, 2.24) is 0 Å². The molecule has 0 aliphatic carbocycles. The molecule has 2 rings (SSSR count). The maximum absolute atomic E-state index is 7.76. The van der Waals surface area contributed by atoms with Crippen LogP contribution in [0.1, 0.15) is 12.8 Å². The SMILES string of the molecule is N=C1CCCN1c1ccccc1I. The van der Waals surface area contributed by atoms with E-state index in [2.05, 4.69) is 39.6 Å². The van der Waals surface area contributed by atoms with E-state index in [1.54, 1.807) is 0 Å². The Hall–Kier alpha value is -0.580. The van der Waals surface area contributed by atoms with Gasteiger partial charge in [-0.05, 0) is 41.1 Å². The van der Waals surface area contributed by atoms with Gasteiger partial charge >= 0.3 is 0 Å². The summed E-state index contributed by atoms with van der Waals surface area (Å²) in [6, 6.07) is 8.23. The van der Waals surface area contributed by atoms with Gasteiger partial charge in [-0.15, -0.1) is 0 Å². The number of hydrogen-bond donors (Lipinski definition) is 1. The zero-order chi connectivity index (χ0) is 9.26. The molecular formula is C10H11IN2. The van der Waals surface area contributed by atoms with Crippen LogP contribution in [-0.2, 0) is 0 Å². The number of halogens is 1. The Bertz CT molecular complexity index is 335. The summed E-state index contributed by atoms with van der Waals surface area (Å²) >= 11 is 2.32. The second-order valence-corrected chi connectivity index (χ2v) is 4.32. The highest BCUT2D eigenvalue weighted by atomic mass is 127. The third kappa shape index (κ3) is 1.70. The fraction of sp³-hybridized carbons (Fsp3) is 0.300. The van der Waals surface area contributed by atoms with Crippen molar-refractivity contribution in [3.05, 3.63) is 27.8 Å². The molecule has 1 saturated heterocycles. The van der Waals surface area contributed by atoms with Crippen LogP contribution in [0, 0.1) is 8.98 Å². The van der Waals surface area contributed by atoms with Crippen molar-refractivity contribution in [3.8, 4) is 0 Å². The molecule has 1 aromatic carbocycles.